The highest BCUT2D eigenvalue weighted by molar-refractivity contribution is 7.89. The van der Waals surface area contributed by atoms with E-state index in [1.165, 1.54) is 16.4 Å². The van der Waals surface area contributed by atoms with Crippen LogP contribution in [0.15, 0.2) is 52.2 Å². The Morgan fingerprint density at radius 2 is 1.87 bits per heavy atom. The van der Waals surface area contributed by atoms with Gasteiger partial charge in [0.15, 0.2) is 0 Å². The summed E-state index contributed by atoms with van der Waals surface area (Å²) in [5.74, 6) is -0.422. The highest BCUT2D eigenvalue weighted by atomic mass is 32.2. The Hall–Kier alpha value is -2.53. The van der Waals surface area contributed by atoms with Crippen LogP contribution in [0.2, 0.25) is 0 Å². The number of amides is 1. The molecule has 3 aromatic rings. The van der Waals surface area contributed by atoms with E-state index in [0.717, 1.165) is 21.6 Å². The van der Waals surface area contributed by atoms with Crippen molar-refractivity contribution in [2.24, 2.45) is 0 Å². The fourth-order valence-corrected chi connectivity index (χ4v) is 6.05. The number of rotatable bonds is 5. The second kappa shape index (κ2) is 8.54. The molecule has 4 rings (SSSR count). The molecule has 2 aromatic carbocycles. The van der Waals surface area contributed by atoms with Gasteiger partial charge in [-0.1, -0.05) is 17.4 Å². The van der Waals surface area contributed by atoms with E-state index in [9.17, 15) is 18.0 Å². The Morgan fingerprint density at radius 3 is 2.58 bits per heavy atom. The third-order valence-electron chi connectivity index (χ3n) is 5.09. The molecule has 1 aromatic heterocycles. The van der Waals surface area contributed by atoms with Crippen LogP contribution in [0, 0.1) is 0 Å². The quantitative estimate of drug-likeness (QED) is 0.630. The summed E-state index contributed by atoms with van der Waals surface area (Å²) in [4.78, 5) is 25.0. The summed E-state index contributed by atoms with van der Waals surface area (Å²) in [5, 5.41) is 2.79. The van der Waals surface area contributed by atoms with E-state index in [1.807, 2.05) is 19.9 Å². The highest BCUT2D eigenvalue weighted by Crippen LogP contribution is 2.25. The lowest BCUT2D eigenvalue weighted by molar-refractivity contribution is 0.0730. The van der Waals surface area contributed by atoms with Gasteiger partial charge in [-0.25, -0.2) is 8.42 Å². The molecule has 1 N–H and O–H groups in total. The van der Waals surface area contributed by atoms with Gasteiger partial charge in [-0.2, -0.15) is 4.31 Å². The number of ether oxygens (including phenoxy) is 1. The van der Waals surface area contributed by atoms with E-state index in [2.05, 4.69) is 5.32 Å². The molecule has 1 fully saturated rings. The lowest BCUT2D eigenvalue weighted by atomic mass is 10.2. The average Bonchev–Trinajstić information content (AvgIpc) is 3.09. The van der Waals surface area contributed by atoms with E-state index in [-0.39, 0.29) is 34.5 Å². The van der Waals surface area contributed by atoms with Crippen molar-refractivity contribution >= 4 is 43.2 Å². The van der Waals surface area contributed by atoms with Crippen molar-refractivity contribution in [1.29, 1.82) is 0 Å². The highest BCUT2D eigenvalue weighted by Gasteiger charge is 2.27. The van der Waals surface area contributed by atoms with Crippen LogP contribution < -0.4 is 10.2 Å². The van der Waals surface area contributed by atoms with Crippen molar-refractivity contribution in [2.45, 2.75) is 24.8 Å². The van der Waals surface area contributed by atoms with Crippen molar-refractivity contribution < 1.29 is 17.9 Å². The maximum Gasteiger partial charge on any atom is 0.308 e. The summed E-state index contributed by atoms with van der Waals surface area (Å²) in [7, 11) is -3.69. The van der Waals surface area contributed by atoms with Crippen LogP contribution in [0.1, 0.15) is 30.2 Å². The molecule has 164 valence electrons. The lowest BCUT2D eigenvalue weighted by Crippen LogP contribution is -2.40. The predicted octanol–water partition coefficient (Wildman–Crippen LogP) is 2.92. The zero-order chi connectivity index (χ0) is 22.2. The first kappa shape index (κ1) is 21.7. The molecule has 1 aliphatic rings. The number of nitrogens with zero attached hydrogens (tertiary/aromatic N) is 2. The van der Waals surface area contributed by atoms with Crippen LogP contribution >= 0.6 is 11.3 Å². The molecular weight excluding hydrogens is 438 g/mol. The number of anilines is 1. The van der Waals surface area contributed by atoms with Crippen molar-refractivity contribution in [1.82, 2.24) is 8.87 Å². The lowest BCUT2D eigenvalue weighted by Gasteiger charge is -2.26. The van der Waals surface area contributed by atoms with Gasteiger partial charge >= 0.3 is 4.87 Å². The average molecular weight is 462 g/mol. The van der Waals surface area contributed by atoms with Crippen LogP contribution in [0.5, 0.6) is 0 Å². The molecule has 0 bridgehead atoms. The third-order valence-corrected chi connectivity index (χ3v) is 7.90. The zero-order valence-electron chi connectivity index (χ0n) is 17.2. The van der Waals surface area contributed by atoms with Crippen LogP contribution in [0.25, 0.3) is 10.2 Å². The number of hydrogen-bond acceptors (Lipinski definition) is 6. The zero-order valence-corrected chi connectivity index (χ0v) is 18.8. The van der Waals surface area contributed by atoms with Gasteiger partial charge in [-0.05, 0) is 50.2 Å². The Balaban J connectivity index is 1.58. The minimum atomic E-state index is -3.69. The van der Waals surface area contributed by atoms with Gasteiger partial charge in [0, 0.05) is 30.4 Å². The number of fused-ring (bicyclic) bond motifs is 1. The van der Waals surface area contributed by atoms with Crippen molar-refractivity contribution in [2.75, 3.05) is 31.6 Å². The van der Waals surface area contributed by atoms with Gasteiger partial charge in [0.1, 0.15) is 0 Å². The molecule has 31 heavy (non-hydrogen) atoms. The first-order valence-corrected chi connectivity index (χ1v) is 12.2. The van der Waals surface area contributed by atoms with E-state index >= 15 is 0 Å². The Kier molecular flexibility index (Phi) is 5.98. The Bertz CT molecular complexity index is 1290. The van der Waals surface area contributed by atoms with E-state index in [0.29, 0.717) is 18.9 Å². The maximum atomic E-state index is 12.9. The number of thiazole rings is 1. The summed E-state index contributed by atoms with van der Waals surface area (Å²) in [6.07, 6.45) is 0. The van der Waals surface area contributed by atoms with Gasteiger partial charge in [-0.15, -0.1) is 0 Å². The minimum Gasteiger partial charge on any atom is -0.379 e. The van der Waals surface area contributed by atoms with Crippen molar-refractivity contribution in [3.63, 3.8) is 0 Å². The second-order valence-electron chi connectivity index (χ2n) is 7.51. The standard InChI is InChI=1S/C21H23N3O5S2/c1-14(2)24-18-7-6-16(13-19(18)30-21(24)26)22-20(25)15-4-3-5-17(12-15)31(27,28)23-8-10-29-11-9-23/h3-7,12-14H,8-11H2,1-2H3,(H,22,25). The summed E-state index contributed by atoms with van der Waals surface area (Å²) in [6.45, 7) is 5.18. The molecule has 8 nitrogen and oxygen atoms in total. The fraction of sp³-hybridized carbons (Fsp3) is 0.333. The molecule has 0 radical (unpaired) electrons. The third kappa shape index (κ3) is 4.29. The van der Waals surface area contributed by atoms with Crippen molar-refractivity contribution in [3.05, 3.63) is 57.7 Å². The topological polar surface area (TPSA) is 97.7 Å². The number of carbonyl (C=O) groups excluding carboxylic acids is 1. The summed E-state index contributed by atoms with van der Waals surface area (Å²) < 4.78 is 34.8. The van der Waals surface area contributed by atoms with Crippen LogP contribution in [-0.4, -0.2) is 49.5 Å². The molecule has 0 spiro atoms. The fourth-order valence-electron chi connectivity index (χ4n) is 3.54. The second-order valence-corrected chi connectivity index (χ2v) is 10.4. The van der Waals surface area contributed by atoms with E-state index < -0.39 is 15.9 Å². The number of sulfonamides is 1. The number of benzene rings is 2. The predicted molar refractivity (Wildman–Crippen MR) is 120 cm³/mol. The van der Waals surface area contributed by atoms with Gasteiger partial charge in [0.2, 0.25) is 10.0 Å². The molecule has 2 heterocycles. The van der Waals surface area contributed by atoms with E-state index in [4.69, 9.17) is 4.74 Å². The molecule has 0 atom stereocenters. The number of nitrogens with one attached hydrogen (secondary N) is 1. The minimum absolute atomic E-state index is 0.0397. The monoisotopic (exact) mass is 461 g/mol. The summed E-state index contributed by atoms with van der Waals surface area (Å²) >= 11 is 1.13. The number of morpholine rings is 1. The van der Waals surface area contributed by atoms with Crippen LogP contribution in [0.3, 0.4) is 0 Å². The molecule has 10 heteroatoms. The molecule has 0 saturated carbocycles. The summed E-state index contributed by atoms with van der Waals surface area (Å²) in [5.41, 5.74) is 1.60. The maximum absolute atomic E-state index is 12.9. The number of aromatic nitrogens is 1. The SMILES string of the molecule is CC(C)n1c(=O)sc2cc(NC(=O)c3cccc(S(=O)(=O)N4CCOCC4)c3)ccc21. The van der Waals surface area contributed by atoms with Crippen molar-refractivity contribution in [3.8, 4) is 0 Å². The smallest absolute Gasteiger partial charge is 0.308 e. The molecule has 1 amide bonds. The molecule has 0 aliphatic carbocycles. The van der Waals surface area contributed by atoms with E-state index in [1.54, 1.807) is 28.8 Å². The number of hydrogen-bond donors (Lipinski definition) is 1. The summed E-state index contributed by atoms with van der Waals surface area (Å²) in [6, 6.07) is 11.3. The van der Waals surface area contributed by atoms with Crippen LogP contribution in [0.4, 0.5) is 5.69 Å². The Morgan fingerprint density at radius 1 is 1.13 bits per heavy atom. The molecule has 1 saturated heterocycles. The Labute approximate surface area is 184 Å². The molecular formula is C21H23N3O5S2. The van der Waals surface area contributed by atoms with Gasteiger partial charge in [0.25, 0.3) is 5.91 Å². The van der Waals surface area contributed by atoms with Gasteiger partial charge in [0.05, 0.1) is 28.3 Å². The van der Waals surface area contributed by atoms with Gasteiger partial charge in [-0.3, -0.25) is 14.2 Å². The largest absolute Gasteiger partial charge is 0.379 e. The molecule has 1 aliphatic heterocycles. The van der Waals surface area contributed by atoms with Gasteiger partial charge < -0.3 is 10.1 Å². The first-order chi connectivity index (χ1) is 14.8. The number of carbonyl (C=O) groups is 1. The first-order valence-electron chi connectivity index (χ1n) is 9.92. The van der Waals surface area contributed by atoms with Crippen LogP contribution in [-0.2, 0) is 14.8 Å². The normalized spacial score (nSPS) is 15.5. The molecule has 0 unspecified atom stereocenters.